The summed E-state index contributed by atoms with van der Waals surface area (Å²) < 4.78 is 24.3. The van der Waals surface area contributed by atoms with E-state index in [1.54, 1.807) is 32.9 Å². The molecule has 3 N–H and O–H groups in total. The minimum Gasteiger partial charge on any atom is -0.350 e. The maximum Gasteiger partial charge on any atom is 0.252 e. The van der Waals surface area contributed by atoms with Gasteiger partial charge in [0.25, 0.3) is 5.91 Å². The van der Waals surface area contributed by atoms with E-state index in [0.29, 0.717) is 6.42 Å². The normalized spacial score (nSPS) is 11.6. The Hall–Kier alpha value is -1.11. The van der Waals surface area contributed by atoms with Gasteiger partial charge in [0, 0.05) is 12.1 Å². The van der Waals surface area contributed by atoms with E-state index in [-0.39, 0.29) is 35.2 Å². The van der Waals surface area contributed by atoms with Crippen LogP contribution in [0.3, 0.4) is 0 Å². The lowest BCUT2D eigenvalue weighted by atomic mass is 10.1. The maximum atomic E-state index is 12.2. The quantitative estimate of drug-likeness (QED) is 0.829. The van der Waals surface area contributed by atoms with Crippen molar-refractivity contribution in [2.24, 2.45) is 5.73 Å². The Morgan fingerprint density at radius 3 is 2.38 bits per heavy atom. The molecule has 7 heteroatoms. The molecule has 120 valence electrons. The summed E-state index contributed by atoms with van der Waals surface area (Å²) in [5.74, 6) is -0.390. The van der Waals surface area contributed by atoms with Gasteiger partial charge in [0.1, 0.15) is 0 Å². The molecule has 0 heterocycles. The summed E-state index contributed by atoms with van der Waals surface area (Å²) in [6, 6.07) is 6.24. The topological polar surface area (TPSA) is 89.3 Å². The van der Waals surface area contributed by atoms with Gasteiger partial charge in [0.05, 0.1) is 16.2 Å². The van der Waals surface area contributed by atoms with Crippen LogP contribution in [0, 0.1) is 0 Å². The van der Waals surface area contributed by atoms with E-state index in [1.165, 1.54) is 12.1 Å². The van der Waals surface area contributed by atoms with Crippen LogP contribution in [-0.4, -0.2) is 32.2 Å². The summed E-state index contributed by atoms with van der Waals surface area (Å²) >= 11 is 0. The molecule has 0 bridgehead atoms. The number of halogens is 1. The molecule has 0 unspecified atom stereocenters. The lowest BCUT2D eigenvalue weighted by molar-refractivity contribution is 0.0942. The minimum absolute atomic E-state index is 0. The molecule has 1 rings (SSSR count). The van der Waals surface area contributed by atoms with Crippen molar-refractivity contribution in [3.05, 3.63) is 29.8 Å². The first-order chi connectivity index (χ1) is 9.17. The van der Waals surface area contributed by atoms with E-state index >= 15 is 0 Å². The van der Waals surface area contributed by atoms with Crippen LogP contribution in [0.5, 0.6) is 0 Å². The first-order valence-corrected chi connectivity index (χ1v) is 8.21. The molecule has 1 aromatic carbocycles. The molecule has 0 aromatic heterocycles. The van der Waals surface area contributed by atoms with Gasteiger partial charge in [-0.05, 0) is 32.4 Å². The lowest BCUT2D eigenvalue weighted by Gasteiger charge is -2.19. The standard InChI is InChI=1S/C14H22N2O3S.ClH/c1-4-9-20(18,19)12-8-6-5-7-11(12)13(17)16-10-14(2,3)15;/h5-8H,4,9-10,15H2,1-3H3,(H,16,17);1H. The summed E-state index contributed by atoms with van der Waals surface area (Å²) in [7, 11) is -3.43. The molecule has 1 aromatic rings. The molecule has 0 aliphatic rings. The van der Waals surface area contributed by atoms with Crippen LogP contribution in [0.1, 0.15) is 37.6 Å². The Balaban J connectivity index is 0.00000400. The van der Waals surface area contributed by atoms with Gasteiger partial charge in [-0.15, -0.1) is 12.4 Å². The predicted octanol–water partition coefficient (Wildman–Crippen LogP) is 1.76. The number of nitrogens with two attached hydrogens (primary N) is 1. The summed E-state index contributed by atoms with van der Waals surface area (Å²) in [4.78, 5) is 12.2. The van der Waals surface area contributed by atoms with Crippen molar-refractivity contribution in [2.45, 2.75) is 37.6 Å². The summed E-state index contributed by atoms with van der Waals surface area (Å²) in [6.45, 7) is 5.63. The SMILES string of the molecule is CCCS(=O)(=O)c1ccccc1C(=O)NCC(C)(C)N.Cl. The minimum atomic E-state index is -3.43. The predicted molar refractivity (Wildman–Crippen MR) is 86.6 cm³/mol. The number of sulfone groups is 1. The second-order valence-corrected chi connectivity index (χ2v) is 7.56. The zero-order valence-electron chi connectivity index (χ0n) is 12.5. The number of benzene rings is 1. The van der Waals surface area contributed by atoms with Gasteiger partial charge in [-0.3, -0.25) is 4.79 Å². The van der Waals surface area contributed by atoms with E-state index in [4.69, 9.17) is 5.73 Å². The Bertz CT molecular complexity index is 580. The third kappa shape index (κ3) is 6.03. The van der Waals surface area contributed by atoms with Gasteiger partial charge in [-0.2, -0.15) is 0 Å². The van der Waals surface area contributed by atoms with Crippen LogP contribution < -0.4 is 11.1 Å². The first-order valence-electron chi connectivity index (χ1n) is 6.56. The van der Waals surface area contributed by atoms with Crippen molar-refractivity contribution < 1.29 is 13.2 Å². The molecule has 0 saturated carbocycles. The fraction of sp³-hybridized carbons (Fsp3) is 0.500. The van der Waals surface area contributed by atoms with Crippen molar-refractivity contribution in [2.75, 3.05) is 12.3 Å². The number of carbonyl (C=O) groups is 1. The van der Waals surface area contributed by atoms with Crippen LogP contribution in [0.25, 0.3) is 0 Å². The number of carbonyl (C=O) groups excluding carboxylic acids is 1. The zero-order valence-corrected chi connectivity index (χ0v) is 14.2. The third-order valence-corrected chi connectivity index (χ3v) is 4.62. The summed E-state index contributed by atoms with van der Waals surface area (Å²) in [5.41, 5.74) is 5.42. The van der Waals surface area contributed by atoms with Crippen LogP contribution in [0.4, 0.5) is 0 Å². The second-order valence-electron chi connectivity index (χ2n) is 5.49. The highest BCUT2D eigenvalue weighted by atomic mass is 35.5. The molecular weight excluding hydrogens is 312 g/mol. The van der Waals surface area contributed by atoms with Gasteiger partial charge < -0.3 is 11.1 Å². The van der Waals surface area contributed by atoms with E-state index in [1.807, 2.05) is 0 Å². The Labute approximate surface area is 132 Å². The number of nitrogens with one attached hydrogen (secondary N) is 1. The van der Waals surface area contributed by atoms with Gasteiger partial charge >= 0.3 is 0 Å². The van der Waals surface area contributed by atoms with Crippen molar-refractivity contribution in [1.29, 1.82) is 0 Å². The molecule has 21 heavy (non-hydrogen) atoms. The summed E-state index contributed by atoms with van der Waals surface area (Å²) in [5, 5.41) is 2.67. The van der Waals surface area contributed by atoms with Crippen LogP contribution in [-0.2, 0) is 9.84 Å². The van der Waals surface area contributed by atoms with E-state index in [0.717, 1.165) is 0 Å². The molecule has 0 atom stereocenters. The molecule has 0 fully saturated rings. The van der Waals surface area contributed by atoms with E-state index in [2.05, 4.69) is 5.32 Å². The molecular formula is C14H23ClN2O3S. The molecule has 0 radical (unpaired) electrons. The number of amides is 1. The molecule has 1 amide bonds. The third-order valence-electron chi connectivity index (χ3n) is 2.64. The van der Waals surface area contributed by atoms with E-state index < -0.39 is 21.3 Å². The van der Waals surface area contributed by atoms with Crippen molar-refractivity contribution >= 4 is 28.2 Å². The average molecular weight is 335 g/mol. The fourth-order valence-electron chi connectivity index (χ4n) is 1.71. The first kappa shape index (κ1) is 19.9. The Morgan fingerprint density at radius 2 is 1.86 bits per heavy atom. The number of hydrogen-bond acceptors (Lipinski definition) is 4. The highest BCUT2D eigenvalue weighted by molar-refractivity contribution is 7.91. The largest absolute Gasteiger partial charge is 0.350 e. The van der Waals surface area contributed by atoms with Crippen LogP contribution >= 0.6 is 12.4 Å². The van der Waals surface area contributed by atoms with Crippen LogP contribution in [0.15, 0.2) is 29.2 Å². The Kier molecular flexibility index (Phi) is 7.36. The van der Waals surface area contributed by atoms with Gasteiger partial charge in [0.15, 0.2) is 9.84 Å². The Morgan fingerprint density at radius 1 is 1.29 bits per heavy atom. The van der Waals surface area contributed by atoms with Gasteiger partial charge in [0.2, 0.25) is 0 Å². The zero-order chi connectivity index (χ0) is 15.4. The maximum absolute atomic E-state index is 12.2. The molecule has 0 saturated heterocycles. The highest BCUT2D eigenvalue weighted by Crippen LogP contribution is 2.17. The second kappa shape index (κ2) is 7.77. The lowest BCUT2D eigenvalue weighted by Crippen LogP contribution is -2.45. The fourth-order valence-corrected chi connectivity index (χ4v) is 3.25. The average Bonchev–Trinajstić information content (AvgIpc) is 2.35. The number of rotatable bonds is 6. The van der Waals surface area contributed by atoms with Crippen molar-refractivity contribution in [3.63, 3.8) is 0 Å². The van der Waals surface area contributed by atoms with Crippen molar-refractivity contribution in [1.82, 2.24) is 5.32 Å². The highest BCUT2D eigenvalue weighted by Gasteiger charge is 2.22. The molecule has 5 nitrogen and oxygen atoms in total. The monoisotopic (exact) mass is 334 g/mol. The molecule has 0 aliphatic carbocycles. The van der Waals surface area contributed by atoms with E-state index in [9.17, 15) is 13.2 Å². The number of hydrogen-bond donors (Lipinski definition) is 2. The molecule has 0 spiro atoms. The summed E-state index contributed by atoms with van der Waals surface area (Å²) in [6.07, 6.45) is 0.508. The van der Waals surface area contributed by atoms with Gasteiger partial charge in [-0.25, -0.2) is 8.42 Å². The van der Waals surface area contributed by atoms with Crippen LogP contribution in [0.2, 0.25) is 0 Å². The smallest absolute Gasteiger partial charge is 0.252 e. The van der Waals surface area contributed by atoms with Crippen molar-refractivity contribution in [3.8, 4) is 0 Å². The van der Waals surface area contributed by atoms with Gasteiger partial charge in [-0.1, -0.05) is 19.1 Å². The molecule has 0 aliphatic heterocycles.